The van der Waals surface area contributed by atoms with Gasteiger partial charge in [0.05, 0.1) is 18.2 Å². The Morgan fingerprint density at radius 3 is 2.80 bits per heavy atom. The van der Waals surface area contributed by atoms with Crippen molar-refractivity contribution in [3.63, 3.8) is 0 Å². The van der Waals surface area contributed by atoms with Crippen molar-refractivity contribution in [3.05, 3.63) is 82.0 Å². The number of halogens is 1. The third kappa shape index (κ3) is 3.87. The second-order valence-electron chi connectivity index (χ2n) is 5.57. The van der Waals surface area contributed by atoms with Crippen molar-refractivity contribution in [2.45, 2.75) is 13.5 Å². The first-order chi connectivity index (χ1) is 12.1. The predicted octanol–water partition coefficient (Wildman–Crippen LogP) is 4.02. The Labute approximate surface area is 150 Å². The van der Waals surface area contributed by atoms with Crippen LogP contribution in [0.2, 0.25) is 5.02 Å². The van der Waals surface area contributed by atoms with E-state index in [0.717, 1.165) is 11.3 Å². The average molecular weight is 351 g/mol. The Kier molecular flexibility index (Phi) is 4.82. The summed E-state index contributed by atoms with van der Waals surface area (Å²) in [6, 6.07) is 17.9. The number of aryl methyl sites for hydroxylation is 1. The minimum absolute atomic E-state index is 0.306. The number of anilines is 1. The number of nitrogens with one attached hydrogen (secondary N) is 1. The number of aromatic nitrogens is 2. The molecule has 1 aromatic heterocycles. The van der Waals surface area contributed by atoms with E-state index >= 15 is 0 Å². The molecule has 25 heavy (non-hydrogen) atoms. The van der Waals surface area contributed by atoms with Gasteiger partial charge in [-0.15, -0.1) is 0 Å². The summed E-state index contributed by atoms with van der Waals surface area (Å²) in [6.45, 7) is 2.43. The Bertz CT molecular complexity index is 972. The molecular formula is C19H15ClN4O. The van der Waals surface area contributed by atoms with E-state index < -0.39 is 0 Å². The van der Waals surface area contributed by atoms with Gasteiger partial charge in [-0.05, 0) is 36.8 Å². The molecule has 0 fully saturated rings. The van der Waals surface area contributed by atoms with Crippen LogP contribution in [0.3, 0.4) is 0 Å². The van der Waals surface area contributed by atoms with Crippen molar-refractivity contribution in [2.24, 2.45) is 0 Å². The van der Waals surface area contributed by atoms with Crippen LogP contribution in [0.4, 0.5) is 5.82 Å². The van der Waals surface area contributed by atoms with E-state index in [1.54, 1.807) is 35.0 Å². The van der Waals surface area contributed by atoms with Gasteiger partial charge in [0, 0.05) is 22.3 Å². The van der Waals surface area contributed by atoms with Crippen molar-refractivity contribution < 1.29 is 4.79 Å². The van der Waals surface area contributed by atoms with Crippen LogP contribution < -0.4 is 5.32 Å². The highest BCUT2D eigenvalue weighted by atomic mass is 35.5. The normalized spacial score (nSPS) is 10.3. The molecule has 3 aromatic rings. The fourth-order valence-corrected chi connectivity index (χ4v) is 2.63. The maximum Gasteiger partial charge on any atom is 0.256 e. The fourth-order valence-electron chi connectivity index (χ4n) is 2.44. The predicted molar refractivity (Wildman–Crippen MR) is 96.6 cm³/mol. The molecule has 0 spiro atoms. The molecule has 0 bridgehead atoms. The van der Waals surface area contributed by atoms with Crippen LogP contribution in [-0.2, 0) is 6.54 Å². The SMILES string of the molecule is Cc1cc(NC(=O)c2cccc(C#N)c2)nn1Cc1ccccc1Cl. The maximum atomic E-state index is 12.3. The molecule has 124 valence electrons. The summed E-state index contributed by atoms with van der Waals surface area (Å²) < 4.78 is 1.78. The summed E-state index contributed by atoms with van der Waals surface area (Å²) in [7, 11) is 0. The van der Waals surface area contributed by atoms with Gasteiger partial charge in [-0.25, -0.2) is 0 Å². The zero-order chi connectivity index (χ0) is 17.8. The molecule has 1 heterocycles. The van der Waals surface area contributed by atoms with Crippen molar-refractivity contribution in [1.82, 2.24) is 9.78 Å². The van der Waals surface area contributed by atoms with E-state index in [0.29, 0.717) is 28.5 Å². The van der Waals surface area contributed by atoms with Gasteiger partial charge in [0.1, 0.15) is 0 Å². The maximum absolute atomic E-state index is 12.3. The van der Waals surface area contributed by atoms with E-state index in [2.05, 4.69) is 10.4 Å². The molecule has 2 aromatic carbocycles. The van der Waals surface area contributed by atoms with Crippen molar-refractivity contribution in [3.8, 4) is 6.07 Å². The van der Waals surface area contributed by atoms with E-state index in [-0.39, 0.29) is 5.91 Å². The number of hydrogen-bond acceptors (Lipinski definition) is 3. The molecule has 0 saturated carbocycles. The minimum atomic E-state index is -0.306. The highest BCUT2D eigenvalue weighted by molar-refractivity contribution is 6.31. The van der Waals surface area contributed by atoms with Crippen molar-refractivity contribution >= 4 is 23.3 Å². The number of nitrogens with zero attached hydrogens (tertiary/aromatic N) is 3. The van der Waals surface area contributed by atoms with Crippen LogP contribution >= 0.6 is 11.6 Å². The first-order valence-electron chi connectivity index (χ1n) is 7.66. The Morgan fingerprint density at radius 2 is 2.04 bits per heavy atom. The van der Waals surface area contributed by atoms with Gasteiger partial charge in [-0.3, -0.25) is 9.48 Å². The molecule has 0 unspecified atom stereocenters. The number of carbonyl (C=O) groups excluding carboxylic acids is 1. The Balaban J connectivity index is 1.77. The molecule has 1 amide bonds. The van der Waals surface area contributed by atoms with Gasteiger partial charge in [0.15, 0.2) is 5.82 Å². The van der Waals surface area contributed by atoms with Crippen LogP contribution in [-0.4, -0.2) is 15.7 Å². The standard InChI is InChI=1S/C19H15ClN4O/c1-13-9-18(22-19(25)15-7-4-5-14(10-15)11-21)23-24(13)12-16-6-2-3-8-17(16)20/h2-10H,12H2,1H3,(H,22,23,25). The zero-order valence-corrected chi connectivity index (χ0v) is 14.3. The lowest BCUT2D eigenvalue weighted by Crippen LogP contribution is -2.13. The quantitative estimate of drug-likeness (QED) is 0.772. The summed E-state index contributed by atoms with van der Waals surface area (Å²) in [5.41, 5.74) is 2.71. The van der Waals surface area contributed by atoms with Crippen LogP contribution in [0.5, 0.6) is 0 Å². The lowest BCUT2D eigenvalue weighted by Gasteiger charge is -2.06. The van der Waals surface area contributed by atoms with Crippen LogP contribution in [0.1, 0.15) is 27.2 Å². The topological polar surface area (TPSA) is 70.7 Å². The molecule has 5 nitrogen and oxygen atoms in total. The average Bonchev–Trinajstić information content (AvgIpc) is 2.96. The summed E-state index contributed by atoms with van der Waals surface area (Å²) >= 11 is 6.19. The van der Waals surface area contributed by atoms with Gasteiger partial charge in [-0.1, -0.05) is 35.9 Å². The lowest BCUT2D eigenvalue weighted by molar-refractivity contribution is 0.102. The molecule has 0 aliphatic carbocycles. The van der Waals surface area contributed by atoms with Crippen LogP contribution in [0.25, 0.3) is 0 Å². The number of benzene rings is 2. The van der Waals surface area contributed by atoms with Gasteiger partial charge in [0.2, 0.25) is 0 Å². The van der Waals surface area contributed by atoms with E-state index in [9.17, 15) is 4.79 Å². The van der Waals surface area contributed by atoms with Crippen LogP contribution in [0, 0.1) is 18.3 Å². The second kappa shape index (κ2) is 7.20. The molecule has 0 aliphatic heterocycles. The monoisotopic (exact) mass is 350 g/mol. The highest BCUT2D eigenvalue weighted by Gasteiger charge is 2.11. The lowest BCUT2D eigenvalue weighted by atomic mass is 10.1. The molecule has 0 aliphatic rings. The van der Waals surface area contributed by atoms with E-state index in [4.69, 9.17) is 16.9 Å². The first kappa shape index (κ1) is 16.7. The third-order valence-electron chi connectivity index (χ3n) is 3.75. The van der Waals surface area contributed by atoms with Crippen molar-refractivity contribution in [1.29, 1.82) is 5.26 Å². The largest absolute Gasteiger partial charge is 0.305 e. The van der Waals surface area contributed by atoms with Gasteiger partial charge < -0.3 is 5.32 Å². The van der Waals surface area contributed by atoms with Gasteiger partial charge in [0.25, 0.3) is 5.91 Å². The number of nitriles is 1. The smallest absolute Gasteiger partial charge is 0.256 e. The number of amides is 1. The molecule has 1 N–H and O–H groups in total. The molecule has 0 radical (unpaired) electrons. The molecule has 0 atom stereocenters. The fraction of sp³-hybridized carbons (Fsp3) is 0.105. The summed E-state index contributed by atoms with van der Waals surface area (Å²) in [5.74, 6) is 0.149. The van der Waals surface area contributed by atoms with Gasteiger partial charge in [-0.2, -0.15) is 10.4 Å². The van der Waals surface area contributed by atoms with E-state index in [1.807, 2.05) is 37.3 Å². The Morgan fingerprint density at radius 1 is 1.24 bits per heavy atom. The Hall–Kier alpha value is -3.10. The summed E-state index contributed by atoms with van der Waals surface area (Å²) in [6.07, 6.45) is 0. The molecule has 6 heteroatoms. The molecule has 0 saturated heterocycles. The highest BCUT2D eigenvalue weighted by Crippen LogP contribution is 2.18. The molecule has 3 rings (SSSR count). The van der Waals surface area contributed by atoms with Gasteiger partial charge >= 0.3 is 0 Å². The minimum Gasteiger partial charge on any atom is -0.305 e. The summed E-state index contributed by atoms with van der Waals surface area (Å²) in [4.78, 5) is 12.3. The number of rotatable bonds is 4. The summed E-state index contributed by atoms with van der Waals surface area (Å²) in [5, 5.41) is 16.8. The first-order valence-corrected chi connectivity index (χ1v) is 8.04. The second-order valence-corrected chi connectivity index (χ2v) is 5.97. The van der Waals surface area contributed by atoms with Crippen molar-refractivity contribution in [2.75, 3.05) is 5.32 Å². The van der Waals surface area contributed by atoms with Crippen LogP contribution in [0.15, 0.2) is 54.6 Å². The number of carbonyl (C=O) groups is 1. The number of hydrogen-bond donors (Lipinski definition) is 1. The zero-order valence-electron chi connectivity index (χ0n) is 13.5. The third-order valence-corrected chi connectivity index (χ3v) is 4.12. The van der Waals surface area contributed by atoms with E-state index in [1.165, 1.54) is 0 Å². The molecular weight excluding hydrogens is 336 g/mol.